The predicted octanol–water partition coefficient (Wildman–Crippen LogP) is 3.99. The van der Waals surface area contributed by atoms with Crippen LogP contribution in [0, 0.1) is 0 Å². The van der Waals surface area contributed by atoms with Gasteiger partial charge in [0, 0.05) is 43.0 Å². The van der Waals surface area contributed by atoms with Gasteiger partial charge in [-0.2, -0.15) is 0 Å². The van der Waals surface area contributed by atoms with Crippen LogP contribution in [0.25, 0.3) is 11.3 Å². The lowest BCUT2D eigenvalue weighted by atomic mass is 9.97. The van der Waals surface area contributed by atoms with Crippen molar-refractivity contribution in [1.82, 2.24) is 20.2 Å². The van der Waals surface area contributed by atoms with Gasteiger partial charge in [-0.25, -0.2) is 0 Å². The number of methoxy groups -OCH3 is 1. The van der Waals surface area contributed by atoms with Crippen LogP contribution in [0.5, 0.6) is 11.5 Å². The molecule has 0 radical (unpaired) electrons. The number of morpholine rings is 1. The normalized spacial score (nSPS) is 19.7. The number of alkyl halides is 1. The van der Waals surface area contributed by atoms with E-state index < -0.39 is 12.6 Å². The number of fused-ring (bicyclic) bond motifs is 1. The molecule has 37 heavy (non-hydrogen) atoms. The Labute approximate surface area is 219 Å². The second-order valence-corrected chi connectivity index (χ2v) is 9.52. The van der Waals surface area contributed by atoms with Crippen molar-refractivity contribution in [3.05, 3.63) is 52.9 Å². The standard InChI is InChI=1S/C26H29ClFN5O4/c1-33-8-9-36-16(13-33)14-37-20-12-29-7-6-17(20)23-24(31-19-5-3-4-18(27)25(19)35-2)21-22(32-23)15(10-28)11-30-26(21)34/h3-7,12,15-16,31-32H,8-11,13-14H2,1-2H3,(H,30,34)/t15-,16+/m1/s1. The predicted molar refractivity (Wildman–Crippen MR) is 139 cm³/mol. The Bertz CT molecular complexity index is 1290. The van der Waals surface area contributed by atoms with Crippen molar-refractivity contribution in [3.8, 4) is 22.8 Å². The lowest BCUT2D eigenvalue weighted by Crippen LogP contribution is -2.42. The molecule has 2 aliphatic rings. The third-order valence-corrected chi connectivity index (χ3v) is 6.91. The van der Waals surface area contributed by atoms with Gasteiger partial charge in [-0.3, -0.25) is 14.2 Å². The van der Waals surface area contributed by atoms with Gasteiger partial charge in [-0.15, -0.1) is 0 Å². The molecule has 2 aromatic heterocycles. The molecule has 1 aromatic carbocycles. The zero-order chi connectivity index (χ0) is 25.9. The van der Waals surface area contributed by atoms with Crippen molar-refractivity contribution < 1.29 is 23.4 Å². The molecule has 0 unspecified atom stereocenters. The average molecular weight is 530 g/mol. The molecule has 1 saturated heterocycles. The quantitative estimate of drug-likeness (QED) is 0.405. The van der Waals surface area contributed by atoms with Crippen LogP contribution in [0.4, 0.5) is 15.8 Å². The number of carbonyl (C=O) groups excluding carboxylic acids is 1. The highest BCUT2D eigenvalue weighted by Gasteiger charge is 2.34. The molecule has 9 nitrogen and oxygen atoms in total. The first-order valence-corrected chi connectivity index (χ1v) is 12.4. The number of carbonyl (C=O) groups is 1. The van der Waals surface area contributed by atoms with Crippen LogP contribution in [0.2, 0.25) is 5.02 Å². The summed E-state index contributed by atoms with van der Waals surface area (Å²) in [6, 6.07) is 7.08. The van der Waals surface area contributed by atoms with Crippen LogP contribution in [0.15, 0.2) is 36.7 Å². The third-order valence-electron chi connectivity index (χ3n) is 6.61. The summed E-state index contributed by atoms with van der Waals surface area (Å²) >= 11 is 6.35. The van der Waals surface area contributed by atoms with E-state index in [1.807, 2.05) is 7.05 Å². The van der Waals surface area contributed by atoms with E-state index in [0.717, 1.165) is 13.1 Å². The molecule has 2 aliphatic heterocycles. The Morgan fingerprint density at radius 1 is 1.35 bits per heavy atom. The fourth-order valence-corrected chi connectivity index (χ4v) is 4.98. The number of halogens is 2. The van der Waals surface area contributed by atoms with E-state index in [4.69, 9.17) is 25.8 Å². The number of hydrogen-bond acceptors (Lipinski definition) is 7. The highest BCUT2D eigenvalue weighted by atomic mass is 35.5. The lowest BCUT2D eigenvalue weighted by molar-refractivity contribution is -0.0403. The maximum absolute atomic E-state index is 14.0. The smallest absolute Gasteiger partial charge is 0.255 e. The van der Waals surface area contributed by atoms with Crippen molar-refractivity contribution in [2.75, 3.05) is 59.0 Å². The van der Waals surface area contributed by atoms with Gasteiger partial charge in [0.2, 0.25) is 0 Å². The summed E-state index contributed by atoms with van der Waals surface area (Å²) in [4.78, 5) is 22.8. The molecule has 0 saturated carbocycles. The van der Waals surface area contributed by atoms with E-state index in [2.05, 4.69) is 25.5 Å². The van der Waals surface area contributed by atoms with Gasteiger partial charge in [0.25, 0.3) is 5.91 Å². The molecular formula is C26H29ClFN5O4. The number of para-hydroxylation sites is 1. The van der Waals surface area contributed by atoms with Gasteiger partial charge >= 0.3 is 0 Å². The molecule has 1 fully saturated rings. The molecule has 4 heterocycles. The largest absolute Gasteiger partial charge is 0.493 e. The zero-order valence-electron chi connectivity index (χ0n) is 20.6. The molecular weight excluding hydrogens is 501 g/mol. The summed E-state index contributed by atoms with van der Waals surface area (Å²) in [6.07, 6.45) is 3.18. The molecule has 196 valence electrons. The average Bonchev–Trinajstić information content (AvgIpc) is 3.28. The second-order valence-electron chi connectivity index (χ2n) is 9.11. The van der Waals surface area contributed by atoms with Crippen molar-refractivity contribution >= 4 is 28.9 Å². The summed E-state index contributed by atoms with van der Waals surface area (Å²) < 4.78 is 31.5. The van der Waals surface area contributed by atoms with Gasteiger partial charge < -0.3 is 34.7 Å². The SMILES string of the molecule is COc1c(Cl)cccc1Nc1c(-c2ccncc2OC[C@@H]2CN(C)CCO2)[nH]c2c1C(=O)NC[C@H]2CF. The van der Waals surface area contributed by atoms with Crippen LogP contribution in [0.3, 0.4) is 0 Å². The molecule has 3 aromatic rings. The van der Waals surface area contributed by atoms with Crippen molar-refractivity contribution in [2.45, 2.75) is 12.0 Å². The molecule has 2 atom stereocenters. The van der Waals surface area contributed by atoms with Gasteiger partial charge in [0.1, 0.15) is 18.5 Å². The first-order valence-electron chi connectivity index (χ1n) is 12.1. The van der Waals surface area contributed by atoms with Gasteiger partial charge in [-0.1, -0.05) is 17.7 Å². The Hall–Kier alpha value is -3.34. The number of H-pyrrole nitrogens is 1. The number of hydrogen-bond donors (Lipinski definition) is 3. The van der Waals surface area contributed by atoms with Gasteiger partial charge in [0.15, 0.2) is 5.75 Å². The number of aromatic amines is 1. The number of rotatable bonds is 8. The number of likely N-dealkylation sites (N-methyl/N-ethyl adjacent to an activating group) is 1. The van der Waals surface area contributed by atoms with Crippen LogP contribution >= 0.6 is 11.6 Å². The lowest BCUT2D eigenvalue weighted by Gasteiger charge is -2.30. The number of nitrogens with zero attached hydrogens (tertiary/aromatic N) is 2. The first kappa shape index (κ1) is 25.3. The fourth-order valence-electron chi connectivity index (χ4n) is 4.73. The number of amides is 1. The van der Waals surface area contributed by atoms with Crippen LogP contribution in [-0.4, -0.2) is 80.6 Å². The topological polar surface area (TPSA) is 101 Å². The van der Waals surface area contributed by atoms with E-state index in [9.17, 15) is 9.18 Å². The van der Waals surface area contributed by atoms with E-state index >= 15 is 0 Å². The van der Waals surface area contributed by atoms with E-state index in [-0.39, 0.29) is 18.6 Å². The maximum atomic E-state index is 14.0. The second kappa shape index (κ2) is 11.0. The highest BCUT2D eigenvalue weighted by molar-refractivity contribution is 6.32. The van der Waals surface area contributed by atoms with E-state index in [0.29, 0.717) is 63.6 Å². The molecule has 1 amide bonds. The van der Waals surface area contributed by atoms with Crippen molar-refractivity contribution in [2.24, 2.45) is 0 Å². The van der Waals surface area contributed by atoms with Crippen LogP contribution in [0.1, 0.15) is 22.0 Å². The minimum absolute atomic E-state index is 0.0846. The minimum atomic E-state index is -0.626. The number of benzene rings is 1. The number of pyridine rings is 1. The van der Waals surface area contributed by atoms with Gasteiger partial charge in [0.05, 0.1) is 54.2 Å². The highest BCUT2D eigenvalue weighted by Crippen LogP contribution is 2.44. The third kappa shape index (κ3) is 5.09. The van der Waals surface area contributed by atoms with Crippen molar-refractivity contribution in [3.63, 3.8) is 0 Å². The zero-order valence-corrected chi connectivity index (χ0v) is 21.4. The Morgan fingerprint density at radius 3 is 3.00 bits per heavy atom. The number of aromatic nitrogens is 2. The van der Waals surface area contributed by atoms with Crippen LogP contribution in [-0.2, 0) is 4.74 Å². The molecule has 5 rings (SSSR count). The summed E-state index contributed by atoms with van der Waals surface area (Å²) in [5.74, 6) is 0.117. The summed E-state index contributed by atoms with van der Waals surface area (Å²) in [7, 11) is 3.56. The Morgan fingerprint density at radius 2 is 2.22 bits per heavy atom. The van der Waals surface area contributed by atoms with Crippen molar-refractivity contribution in [1.29, 1.82) is 0 Å². The van der Waals surface area contributed by atoms with Gasteiger partial charge in [-0.05, 0) is 25.2 Å². The summed E-state index contributed by atoms with van der Waals surface area (Å²) in [6.45, 7) is 2.19. The maximum Gasteiger partial charge on any atom is 0.255 e. The summed E-state index contributed by atoms with van der Waals surface area (Å²) in [5, 5.41) is 6.53. The van der Waals surface area contributed by atoms with E-state index in [1.165, 1.54) is 7.11 Å². The molecule has 0 bridgehead atoms. The first-order chi connectivity index (χ1) is 18.0. The Kier molecular flexibility index (Phi) is 7.50. The molecule has 11 heteroatoms. The number of nitrogens with one attached hydrogen (secondary N) is 3. The molecule has 0 spiro atoms. The molecule has 3 N–H and O–H groups in total. The fraction of sp³-hybridized carbons (Fsp3) is 0.385. The number of ether oxygens (including phenoxy) is 3. The minimum Gasteiger partial charge on any atom is -0.493 e. The monoisotopic (exact) mass is 529 g/mol. The van der Waals surface area contributed by atoms with E-state index in [1.54, 1.807) is 36.7 Å². The Balaban J connectivity index is 1.58. The number of anilines is 2. The van der Waals surface area contributed by atoms with Crippen LogP contribution < -0.4 is 20.1 Å². The summed E-state index contributed by atoms with van der Waals surface area (Å²) in [5.41, 5.74) is 3.12. The molecule has 0 aliphatic carbocycles.